The number of rotatable bonds is 4. The van der Waals surface area contributed by atoms with E-state index in [0.717, 1.165) is 33.7 Å². The van der Waals surface area contributed by atoms with E-state index >= 15 is 0 Å². The number of carbonyl (C=O) groups excluding carboxylic acids is 1. The largest absolute Gasteiger partial charge is 0.331 e. The highest BCUT2D eigenvalue weighted by Crippen LogP contribution is 2.33. The molecule has 126 valence electrons. The molecular formula is C18H14FN3OS2. The van der Waals surface area contributed by atoms with Gasteiger partial charge in [-0.25, -0.2) is 9.37 Å². The molecule has 1 fully saturated rings. The zero-order chi connectivity index (χ0) is 17.0. The molecule has 4 nitrogen and oxygen atoms in total. The van der Waals surface area contributed by atoms with Crippen molar-refractivity contribution < 1.29 is 9.18 Å². The Morgan fingerprint density at radius 1 is 1.32 bits per heavy atom. The van der Waals surface area contributed by atoms with Crippen LogP contribution in [0, 0.1) is 5.82 Å². The summed E-state index contributed by atoms with van der Waals surface area (Å²) in [5.41, 5.74) is 1.94. The number of aromatic nitrogens is 2. The van der Waals surface area contributed by atoms with Gasteiger partial charge >= 0.3 is 0 Å². The van der Waals surface area contributed by atoms with Gasteiger partial charge in [0, 0.05) is 24.2 Å². The van der Waals surface area contributed by atoms with Crippen molar-refractivity contribution in [2.24, 2.45) is 0 Å². The summed E-state index contributed by atoms with van der Waals surface area (Å²) in [7, 11) is 0. The molecule has 1 aromatic carbocycles. The summed E-state index contributed by atoms with van der Waals surface area (Å²) in [6, 6.07) is 8.60. The number of carbonyl (C=O) groups is 1. The molecule has 0 aliphatic heterocycles. The van der Waals surface area contributed by atoms with Crippen molar-refractivity contribution in [2.45, 2.75) is 25.4 Å². The second-order valence-corrected chi connectivity index (χ2v) is 8.16. The van der Waals surface area contributed by atoms with Crippen LogP contribution in [0.2, 0.25) is 0 Å². The van der Waals surface area contributed by atoms with Gasteiger partial charge in [-0.3, -0.25) is 9.20 Å². The topological polar surface area (TPSA) is 37.6 Å². The Balaban J connectivity index is 1.47. The van der Waals surface area contributed by atoms with Crippen molar-refractivity contribution in [3.05, 3.63) is 58.2 Å². The molecule has 1 aliphatic rings. The maximum atomic E-state index is 13.1. The molecule has 1 amide bonds. The number of halogens is 1. The number of thiophene rings is 1. The van der Waals surface area contributed by atoms with Crippen LogP contribution in [-0.4, -0.2) is 26.2 Å². The molecule has 1 saturated carbocycles. The Bertz CT molecular complexity index is 1080. The first-order valence-corrected chi connectivity index (χ1v) is 9.79. The molecule has 7 heteroatoms. The molecule has 0 bridgehead atoms. The smallest absolute Gasteiger partial charge is 0.264 e. The van der Waals surface area contributed by atoms with Crippen LogP contribution in [0.5, 0.6) is 0 Å². The lowest BCUT2D eigenvalue weighted by Gasteiger charge is -2.21. The van der Waals surface area contributed by atoms with Gasteiger partial charge in [0.15, 0.2) is 4.96 Å². The van der Waals surface area contributed by atoms with Gasteiger partial charge in [0.25, 0.3) is 5.91 Å². The normalized spacial score (nSPS) is 14.4. The second kappa shape index (κ2) is 5.64. The summed E-state index contributed by atoms with van der Waals surface area (Å²) in [5.74, 6) is -0.216. The molecule has 0 radical (unpaired) electrons. The van der Waals surface area contributed by atoms with E-state index < -0.39 is 0 Å². The highest BCUT2D eigenvalue weighted by atomic mass is 32.1. The van der Waals surface area contributed by atoms with Crippen LogP contribution < -0.4 is 0 Å². The zero-order valence-electron chi connectivity index (χ0n) is 13.2. The van der Waals surface area contributed by atoms with Crippen LogP contribution in [0.25, 0.3) is 15.3 Å². The molecule has 3 heterocycles. The Hall–Kier alpha value is -2.25. The predicted octanol–water partition coefficient (Wildman–Crippen LogP) is 4.55. The first-order valence-electron chi connectivity index (χ1n) is 8.09. The lowest BCUT2D eigenvalue weighted by molar-refractivity contribution is 0.0735. The quantitative estimate of drug-likeness (QED) is 0.528. The van der Waals surface area contributed by atoms with Crippen molar-refractivity contribution in [2.75, 3.05) is 0 Å². The van der Waals surface area contributed by atoms with Crippen molar-refractivity contribution >= 4 is 43.9 Å². The number of benzene rings is 1. The number of nitrogens with zero attached hydrogens (tertiary/aromatic N) is 3. The number of imidazole rings is 1. The summed E-state index contributed by atoms with van der Waals surface area (Å²) in [4.78, 5) is 22.1. The van der Waals surface area contributed by atoms with E-state index in [1.165, 1.54) is 23.5 Å². The minimum Gasteiger partial charge on any atom is -0.331 e. The van der Waals surface area contributed by atoms with Gasteiger partial charge in [-0.2, -0.15) is 0 Å². The van der Waals surface area contributed by atoms with Crippen molar-refractivity contribution in [1.29, 1.82) is 0 Å². The molecule has 0 atom stereocenters. The first kappa shape index (κ1) is 15.0. The van der Waals surface area contributed by atoms with Crippen LogP contribution in [0.15, 0.2) is 41.9 Å². The molecule has 0 spiro atoms. The van der Waals surface area contributed by atoms with E-state index in [2.05, 4.69) is 4.98 Å². The van der Waals surface area contributed by atoms with E-state index in [-0.39, 0.29) is 17.8 Å². The highest BCUT2D eigenvalue weighted by molar-refractivity contribution is 7.21. The summed E-state index contributed by atoms with van der Waals surface area (Å²) < 4.78 is 15.1. The van der Waals surface area contributed by atoms with Crippen LogP contribution in [0.1, 0.15) is 28.1 Å². The molecular weight excluding hydrogens is 357 g/mol. The molecule has 4 aromatic rings. The lowest BCUT2D eigenvalue weighted by Crippen LogP contribution is -2.32. The fourth-order valence-electron chi connectivity index (χ4n) is 3.03. The predicted molar refractivity (Wildman–Crippen MR) is 97.7 cm³/mol. The van der Waals surface area contributed by atoms with Gasteiger partial charge in [-0.15, -0.1) is 22.7 Å². The van der Waals surface area contributed by atoms with Crippen LogP contribution in [-0.2, 0) is 6.54 Å². The standard InChI is InChI=1S/C18H14FN3OS2/c19-12-3-1-11(2-4-12)10-22(13-5-6-13)17(23)15-9-14-16(25-15)20-18-21(14)7-8-24-18/h1-4,7-9,13H,5-6,10H2. The van der Waals surface area contributed by atoms with Gasteiger partial charge in [0.1, 0.15) is 10.6 Å². The fourth-order valence-corrected chi connectivity index (χ4v) is 4.79. The van der Waals surface area contributed by atoms with E-state index in [4.69, 9.17) is 0 Å². The molecule has 0 saturated heterocycles. The third kappa shape index (κ3) is 2.63. The third-order valence-corrected chi connectivity index (χ3v) is 6.23. The van der Waals surface area contributed by atoms with E-state index in [1.54, 1.807) is 23.5 Å². The lowest BCUT2D eigenvalue weighted by atomic mass is 10.2. The Kier molecular flexibility index (Phi) is 3.39. The molecule has 25 heavy (non-hydrogen) atoms. The molecule has 3 aromatic heterocycles. The van der Waals surface area contributed by atoms with Crippen LogP contribution in [0.4, 0.5) is 4.39 Å². The van der Waals surface area contributed by atoms with Gasteiger partial charge in [-0.1, -0.05) is 12.1 Å². The monoisotopic (exact) mass is 371 g/mol. The number of amides is 1. The van der Waals surface area contributed by atoms with Crippen LogP contribution in [0.3, 0.4) is 0 Å². The minimum atomic E-state index is -0.257. The first-order chi connectivity index (χ1) is 12.2. The number of thiazole rings is 1. The van der Waals surface area contributed by atoms with Gasteiger partial charge in [-0.05, 0) is 36.6 Å². The van der Waals surface area contributed by atoms with Crippen molar-refractivity contribution in [3.63, 3.8) is 0 Å². The third-order valence-electron chi connectivity index (χ3n) is 4.47. The molecule has 5 rings (SSSR count). The maximum absolute atomic E-state index is 13.1. The van der Waals surface area contributed by atoms with Crippen LogP contribution >= 0.6 is 22.7 Å². The van der Waals surface area contributed by atoms with E-state index in [9.17, 15) is 9.18 Å². The molecule has 0 unspecified atom stereocenters. The number of hydrogen-bond donors (Lipinski definition) is 0. The Morgan fingerprint density at radius 3 is 2.88 bits per heavy atom. The summed E-state index contributed by atoms with van der Waals surface area (Å²) in [5, 5.41) is 1.99. The zero-order valence-corrected chi connectivity index (χ0v) is 14.8. The van der Waals surface area contributed by atoms with Gasteiger partial charge in [0.05, 0.1) is 10.4 Å². The number of hydrogen-bond acceptors (Lipinski definition) is 4. The highest BCUT2D eigenvalue weighted by Gasteiger charge is 2.34. The fraction of sp³-hybridized carbons (Fsp3) is 0.222. The molecule has 1 aliphatic carbocycles. The second-order valence-electron chi connectivity index (χ2n) is 6.26. The van der Waals surface area contributed by atoms with E-state index in [1.807, 2.05) is 26.9 Å². The summed E-state index contributed by atoms with van der Waals surface area (Å²) in [6.07, 6.45) is 4.05. The maximum Gasteiger partial charge on any atom is 0.264 e. The Morgan fingerprint density at radius 2 is 2.12 bits per heavy atom. The summed E-state index contributed by atoms with van der Waals surface area (Å²) >= 11 is 3.03. The number of fused-ring (bicyclic) bond motifs is 3. The van der Waals surface area contributed by atoms with Crippen molar-refractivity contribution in [3.8, 4) is 0 Å². The van der Waals surface area contributed by atoms with E-state index in [0.29, 0.717) is 11.4 Å². The van der Waals surface area contributed by atoms with Gasteiger partial charge < -0.3 is 4.90 Å². The SMILES string of the molecule is O=C(c1cc2c(nc3sccn32)s1)N(Cc1ccc(F)cc1)C1CC1. The van der Waals surface area contributed by atoms with Crippen molar-refractivity contribution in [1.82, 2.24) is 14.3 Å². The average molecular weight is 371 g/mol. The Labute approximate surface area is 151 Å². The summed E-state index contributed by atoms with van der Waals surface area (Å²) in [6.45, 7) is 0.514. The molecule has 0 N–H and O–H groups in total. The van der Waals surface area contributed by atoms with Gasteiger partial charge in [0.2, 0.25) is 0 Å². The minimum absolute atomic E-state index is 0.0406. The average Bonchev–Trinajstić information content (AvgIpc) is 3.06.